The highest BCUT2D eigenvalue weighted by molar-refractivity contribution is 9.10. The van der Waals surface area contributed by atoms with Gasteiger partial charge in [0.05, 0.1) is 12.0 Å². The van der Waals surface area contributed by atoms with E-state index in [2.05, 4.69) is 34.2 Å². The molecule has 186 valence electrons. The maximum atomic E-state index is 12.4. The number of hydrogen-bond acceptors (Lipinski definition) is 4. The van der Waals surface area contributed by atoms with Crippen molar-refractivity contribution in [1.82, 2.24) is 5.32 Å². The summed E-state index contributed by atoms with van der Waals surface area (Å²) in [5.74, 6) is -0.757. The second kappa shape index (κ2) is 13.1. The van der Waals surface area contributed by atoms with Crippen LogP contribution in [0, 0.1) is 11.3 Å². The summed E-state index contributed by atoms with van der Waals surface area (Å²) in [6, 6.07) is 22.3. The van der Waals surface area contributed by atoms with Gasteiger partial charge in [-0.3, -0.25) is 9.59 Å². The molecule has 0 saturated heterocycles. The Morgan fingerprint density at radius 3 is 2.36 bits per heavy atom. The number of aliphatic carboxylic acids is 1. The number of carbonyl (C=O) groups is 2. The summed E-state index contributed by atoms with van der Waals surface area (Å²) < 4.78 is 7.21. The lowest BCUT2D eigenvalue weighted by Gasteiger charge is -2.29. The second-order valence-corrected chi connectivity index (χ2v) is 9.55. The Labute approximate surface area is 224 Å². The summed E-state index contributed by atoms with van der Waals surface area (Å²) in [6.07, 6.45) is 1.22. The third-order valence-corrected chi connectivity index (χ3v) is 6.65. The Morgan fingerprint density at radius 1 is 1.08 bits per heavy atom. The molecule has 0 fully saturated rings. The van der Waals surface area contributed by atoms with Gasteiger partial charge in [0, 0.05) is 27.5 Å². The number of hydrogen-bond donors (Lipinski definition) is 2. The van der Waals surface area contributed by atoms with Gasteiger partial charge in [0.2, 0.25) is 0 Å². The minimum Gasteiger partial charge on any atom is -0.485 e. The van der Waals surface area contributed by atoms with Crippen molar-refractivity contribution < 1.29 is 19.4 Å². The van der Waals surface area contributed by atoms with E-state index < -0.39 is 5.97 Å². The van der Waals surface area contributed by atoms with Crippen molar-refractivity contribution in [3.05, 3.63) is 98.5 Å². The topological polar surface area (TPSA) is 99.4 Å². The fourth-order valence-corrected chi connectivity index (χ4v) is 4.38. The lowest BCUT2D eigenvalue weighted by Crippen LogP contribution is -2.26. The summed E-state index contributed by atoms with van der Waals surface area (Å²) in [7, 11) is 0. The van der Waals surface area contributed by atoms with E-state index in [0.717, 1.165) is 24.0 Å². The Kier molecular flexibility index (Phi) is 9.92. The average molecular weight is 570 g/mol. The van der Waals surface area contributed by atoms with Gasteiger partial charge in [-0.05, 0) is 75.9 Å². The average Bonchev–Trinajstić information content (AvgIpc) is 2.87. The normalized spacial score (nSPS) is 12.3. The highest BCUT2D eigenvalue weighted by Gasteiger charge is 2.27. The molecule has 0 heterocycles. The van der Waals surface area contributed by atoms with Crippen molar-refractivity contribution in [2.45, 2.75) is 38.2 Å². The van der Waals surface area contributed by atoms with Gasteiger partial charge in [0.25, 0.3) is 5.91 Å². The molecule has 0 spiro atoms. The number of halogens is 2. The quantitative estimate of drug-likeness (QED) is 0.262. The smallest absolute Gasteiger partial charge is 0.305 e. The van der Waals surface area contributed by atoms with Gasteiger partial charge >= 0.3 is 5.97 Å². The predicted molar refractivity (Wildman–Crippen MR) is 142 cm³/mol. The van der Waals surface area contributed by atoms with E-state index in [1.807, 2.05) is 42.5 Å². The van der Waals surface area contributed by atoms with Crippen LogP contribution in [0.3, 0.4) is 0 Å². The van der Waals surface area contributed by atoms with Crippen molar-refractivity contribution in [1.29, 1.82) is 5.26 Å². The van der Waals surface area contributed by atoms with Crippen LogP contribution in [0.2, 0.25) is 5.02 Å². The van der Waals surface area contributed by atoms with Crippen molar-refractivity contribution in [2.75, 3.05) is 6.54 Å². The van der Waals surface area contributed by atoms with Crippen LogP contribution in [0.1, 0.15) is 65.3 Å². The minimum absolute atomic E-state index is 0.0468. The highest BCUT2D eigenvalue weighted by atomic mass is 79.9. The molecule has 2 atom stereocenters. The van der Waals surface area contributed by atoms with Crippen LogP contribution in [0.5, 0.6) is 5.75 Å². The number of nitriles is 1. The zero-order chi connectivity index (χ0) is 26.1. The fourth-order valence-electron chi connectivity index (χ4n) is 3.92. The number of ether oxygens (including phenoxy) is 1. The van der Waals surface area contributed by atoms with Crippen LogP contribution < -0.4 is 10.1 Å². The Hall–Kier alpha value is -3.34. The number of benzene rings is 3. The van der Waals surface area contributed by atoms with E-state index in [1.165, 1.54) is 0 Å². The van der Waals surface area contributed by atoms with E-state index in [1.54, 1.807) is 24.3 Å². The van der Waals surface area contributed by atoms with Crippen molar-refractivity contribution in [3.8, 4) is 11.8 Å². The molecule has 3 aromatic rings. The third kappa shape index (κ3) is 7.33. The number of amides is 1. The van der Waals surface area contributed by atoms with Gasteiger partial charge in [-0.1, -0.05) is 49.2 Å². The first kappa shape index (κ1) is 27.3. The Balaban J connectivity index is 1.93. The van der Waals surface area contributed by atoms with Gasteiger partial charge < -0.3 is 15.2 Å². The Bertz CT molecular complexity index is 1240. The zero-order valence-electron chi connectivity index (χ0n) is 19.7. The molecule has 0 unspecified atom stereocenters. The molecule has 0 aliphatic carbocycles. The van der Waals surface area contributed by atoms with Crippen molar-refractivity contribution >= 4 is 39.4 Å². The molecule has 0 aromatic heterocycles. The molecule has 1 amide bonds. The molecule has 36 heavy (non-hydrogen) atoms. The van der Waals surface area contributed by atoms with E-state index >= 15 is 0 Å². The first-order valence-corrected chi connectivity index (χ1v) is 12.7. The van der Waals surface area contributed by atoms with E-state index in [4.69, 9.17) is 21.4 Å². The molecule has 0 bridgehead atoms. The molecular formula is C28H26BrClN2O4. The molecule has 0 aliphatic rings. The first-order chi connectivity index (χ1) is 17.3. The highest BCUT2D eigenvalue weighted by Crippen LogP contribution is 2.39. The molecule has 3 rings (SSSR count). The summed E-state index contributed by atoms with van der Waals surface area (Å²) in [4.78, 5) is 23.1. The van der Waals surface area contributed by atoms with Crippen LogP contribution in [0.4, 0.5) is 0 Å². The molecule has 0 aliphatic heterocycles. The third-order valence-electron chi connectivity index (χ3n) is 5.71. The first-order valence-electron chi connectivity index (χ1n) is 11.5. The Morgan fingerprint density at radius 2 is 1.75 bits per heavy atom. The number of carboxylic acid groups (broad SMARTS) is 1. The molecule has 0 saturated carbocycles. The predicted octanol–water partition coefficient (Wildman–Crippen LogP) is 6.88. The van der Waals surface area contributed by atoms with Crippen LogP contribution in [0.25, 0.3) is 0 Å². The maximum Gasteiger partial charge on any atom is 0.305 e. The van der Waals surface area contributed by atoms with Gasteiger partial charge in [0.15, 0.2) is 0 Å². The van der Waals surface area contributed by atoms with E-state index in [-0.39, 0.29) is 30.9 Å². The zero-order valence-corrected chi connectivity index (χ0v) is 22.1. The molecule has 3 aromatic carbocycles. The van der Waals surface area contributed by atoms with Crippen LogP contribution in [0.15, 0.2) is 71.2 Å². The van der Waals surface area contributed by atoms with Crippen LogP contribution >= 0.6 is 27.5 Å². The summed E-state index contributed by atoms with van der Waals surface area (Å²) in [6.45, 7) is 2.17. The largest absolute Gasteiger partial charge is 0.485 e. The lowest BCUT2D eigenvalue weighted by molar-refractivity contribution is -0.136. The van der Waals surface area contributed by atoms with Crippen LogP contribution in [-0.4, -0.2) is 23.5 Å². The number of nitrogens with zero attached hydrogens (tertiary/aromatic N) is 1. The number of nitrogens with one attached hydrogen (secondary N) is 1. The molecule has 6 nitrogen and oxygen atoms in total. The molecular weight excluding hydrogens is 544 g/mol. The number of carboxylic acids is 1. The SMILES string of the molecule is CCC[C@H](c1ccc(C(=O)NCCC(=O)O)cc1)[C@@H](Oc1ccc(Br)c(C#N)c1)c1ccc(Cl)cc1. The standard InChI is InChI=1S/C28H26BrClN2O4/c1-2-3-24(18-4-6-20(7-5-18)28(35)32-15-14-26(33)34)27(19-8-10-22(30)11-9-19)36-23-12-13-25(29)21(16-23)17-31/h4-13,16,24,27H,2-3,14-15H2,1H3,(H,32,35)(H,33,34)/t24-,27+/m1/s1. The van der Waals surface area contributed by atoms with E-state index in [9.17, 15) is 14.9 Å². The van der Waals surface area contributed by atoms with Crippen LogP contribution in [-0.2, 0) is 4.79 Å². The van der Waals surface area contributed by atoms with Crippen molar-refractivity contribution in [3.63, 3.8) is 0 Å². The van der Waals surface area contributed by atoms with Gasteiger partial charge in [-0.2, -0.15) is 5.26 Å². The summed E-state index contributed by atoms with van der Waals surface area (Å²) in [5, 5.41) is 21.4. The lowest BCUT2D eigenvalue weighted by atomic mass is 9.85. The van der Waals surface area contributed by atoms with Crippen molar-refractivity contribution in [2.24, 2.45) is 0 Å². The summed E-state index contributed by atoms with van der Waals surface area (Å²) in [5.41, 5.74) is 2.87. The molecule has 0 radical (unpaired) electrons. The van der Waals surface area contributed by atoms with Gasteiger partial charge in [0.1, 0.15) is 17.9 Å². The second-order valence-electron chi connectivity index (χ2n) is 8.26. The van der Waals surface area contributed by atoms with E-state index in [0.29, 0.717) is 26.4 Å². The monoisotopic (exact) mass is 568 g/mol. The number of rotatable bonds is 11. The number of carbonyl (C=O) groups excluding carboxylic acids is 1. The van der Waals surface area contributed by atoms with Gasteiger partial charge in [-0.15, -0.1) is 0 Å². The maximum absolute atomic E-state index is 12.4. The van der Waals surface area contributed by atoms with Gasteiger partial charge in [-0.25, -0.2) is 0 Å². The minimum atomic E-state index is -0.964. The molecule has 8 heteroatoms. The fraction of sp³-hybridized carbons (Fsp3) is 0.250. The summed E-state index contributed by atoms with van der Waals surface area (Å²) >= 11 is 9.53. The molecule has 2 N–H and O–H groups in total.